The first-order valence-corrected chi connectivity index (χ1v) is 9.16. The van der Waals surface area contributed by atoms with Crippen LogP contribution in [0.3, 0.4) is 0 Å². The number of carbonyl (C=O) groups excluding carboxylic acids is 1. The van der Waals surface area contributed by atoms with E-state index >= 15 is 0 Å². The fourth-order valence-corrected chi connectivity index (χ4v) is 3.61. The number of aryl methyl sites for hydroxylation is 1. The average molecular weight is 422 g/mol. The molecule has 0 unspecified atom stereocenters. The van der Waals surface area contributed by atoms with E-state index in [1.54, 1.807) is 4.68 Å². The summed E-state index contributed by atoms with van der Waals surface area (Å²) >= 11 is 5.90. The fourth-order valence-electron chi connectivity index (χ4n) is 3.30. The molecule has 2 aromatic heterocycles. The van der Waals surface area contributed by atoms with Gasteiger partial charge in [-0.15, -0.1) is 5.10 Å². The molecule has 3 heterocycles. The quantitative estimate of drug-likeness (QED) is 0.630. The van der Waals surface area contributed by atoms with E-state index in [1.807, 2.05) is 25.1 Å². The molecule has 0 fully saturated rings. The van der Waals surface area contributed by atoms with Crippen molar-refractivity contribution in [3.05, 3.63) is 69.6 Å². The average Bonchev–Trinajstić information content (AvgIpc) is 3.10. The van der Waals surface area contributed by atoms with Crippen LogP contribution in [0.25, 0.3) is 5.82 Å². The molecule has 0 atom stereocenters. The molecule has 0 aliphatic carbocycles. The van der Waals surface area contributed by atoms with E-state index in [0.29, 0.717) is 24.5 Å². The number of rotatable bonds is 2. The molecule has 1 aliphatic heterocycles. The molecule has 29 heavy (non-hydrogen) atoms. The Morgan fingerprint density at radius 3 is 2.66 bits per heavy atom. The van der Waals surface area contributed by atoms with Gasteiger partial charge in [0.25, 0.3) is 5.91 Å². The van der Waals surface area contributed by atoms with Crippen molar-refractivity contribution in [2.75, 3.05) is 6.54 Å². The van der Waals surface area contributed by atoms with Crippen molar-refractivity contribution in [2.45, 2.75) is 26.1 Å². The van der Waals surface area contributed by atoms with Crippen molar-refractivity contribution in [1.29, 1.82) is 0 Å². The molecule has 1 aromatic carbocycles. The Balaban J connectivity index is 1.61. The molecule has 10 heteroatoms. The third kappa shape index (κ3) is 3.57. The standard InChI is InChI=1S/C19H15ClF3N5O/c1-11-4-2-7-16(24-11)28-15-8-9-27(10-14(15)25-26-28)18(29)12-5-3-6-13(17(12)20)19(21,22)23/h2-7H,8-10H2,1H3. The molecule has 0 radical (unpaired) electrons. The molecular weight excluding hydrogens is 407 g/mol. The summed E-state index contributed by atoms with van der Waals surface area (Å²) in [5.74, 6) is 0.0504. The van der Waals surface area contributed by atoms with Crippen LogP contribution in [0.4, 0.5) is 13.2 Å². The molecule has 150 valence electrons. The fraction of sp³-hybridized carbons (Fsp3) is 0.263. The van der Waals surface area contributed by atoms with Crippen LogP contribution in [0.1, 0.15) is 33.0 Å². The normalized spacial score (nSPS) is 14.0. The highest BCUT2D eigenvalue weighted by Gasteiger charge is 2.36. The van der Waals surface area contributed by atoms with Gasteiger partial charge in [-0.1, -0.05) is 28.9 Å². The van der Waals surface area contributed by atoms with Crippen LogP contribution >= 0.6 is 11.6 Å². The number of fused-ring (bicyclic) bond motifs is 1. The van der Waals surface area contributed by atoms with E-state index in [0.717, 1.165) is 17.5 Å². The summed E-state index contributed by atoms with van der Waals surface area (Å²) in [5.41, 5.74) is 1.02. The topological polar surface area (TPSA) is 63.9 Å². The first-order chi connectivity index (χ1) is 13.8. The monoisotopic (exact) mass is 421 g/mol. The zero-order chi connectivity index (χ0) is 20.8. The van der Waals surface area contributed by atoms with E-state index in [-0.39, 0.29) is 12.1 Å². The second kappa shape index (κ2) is 7.14. The highest BCUT2D eigenvalue weighted by Crippen LogP contribution is 2.36. The largest absolute Gasteiger partial charge is 0.417 e. The molecule has 4 rings (SSSR count). The van der Waals surface area contributed by atoms with E-state index in [4.69, 9.17) is 11.6 Å². The summed E-state index contributed by atoms with van der Waals surface area (Å²) in [4.78, 5) is 18.7. The van der Waals surface area contributed by atoms with Gasteiger partial charge in [0.2, 0.25) is 0 Å². The maximum atomic E-state index is 13.1. The van der Waals surface area contributed by atoms with Gasteiger partial charge in [0.1, 0.15) is 5.69 Å². The summed E-state index contributed by atoms with van der Waals surface area (Å²) < 4.78 is 40.9. The Morgan fingerprint density at radius 2 is 1.93 bits per heavy atom. The van der Waals surface area contributed by atoms with Crippen LogP contribution in [0.5, 0.6) is 0 Å². The smallest absolute Gasteiger partial charge is 0.332 e. The number of alkyl halides is 3. The second-order valence-corrected chi connectivity index (χ2v) is 7.05. The molecule has 0 saturated carbocycles. The number of pyridine rings is 1. The Morgan fingerprint density at radius 1 is 1.17 bits per heavy atom. The van der Waals surface area contributed by atoms with Crippen molar-refractivity contribution in [3.8, 4) is 5.82 Å². The molecular formula is C19H15ClF3N5O. The van der Waals surface area contributed by atoms with Crippen LogP contribution in [-0.4, -0.2) is 37.3 Å². The van der Waals surface area contributed by atoms with Crippen molar-refractivity contribution in [3.63, 3.8) is 0 Å². The van der Waals surface area contributed by atoms with Crippen molar-refractivity contribution < 1.29 is 18.0 Å². The molecule has 1 aliphatic rings. The number of halogens is 4. The Labute approximate surface area is 168 Å². The lowest BCUT2D eigenvalue weighted by Gasteiger charge is -2.27. The third-order valence-corrected chi connectivity index (χ3v) is 5.12. The third-order valence-electron chi connectivity index (χ3n) is 4.72. The second-order valence-electron chi connectivity index (χ2n) is 6.67. The van der Waals surface area contributed by atoms with Gasteiger partial charge in [0.15, 0.2) is 5.82 Å². The molecule has 0 spiro atoms. The maximum Gasteiger partial charge on any atom is 0.417 e. The van der Waals surface area contributed by atoms with Gasteiger partial charge < -0.3 is 4.90 Å². The predicted octanol–water partition coefficient (Wildman–Crippen LogP) is 3.84. The first kappa shape index (κ1) is 19.4. The highest BCUT2D eigenvalue weighted by atomic mass is 35.5. The van der Waals surface area contributed by atoms with Crippen LogP contribution in [-0.2, 0) is 19.1 Å². The number of carbonyl (C=O) groups is 1. The summed E-state index contributed by atoms with van der Waals surface area (Å²) in [6.45, 7) is 2.30. The summed E-state index contributed by atoms with van der Waals surface area (Å²) in [6, 6.07) is 8.86. The maximum absolute atomic E-state index is 13.1. The van der Waals surface area contributed by atoms with Gasteiger partial charge in [-0.05, 0) is 31.2 Å². The highest BCUT2D eigenvalue weighted by molar-refractivity contribution is 6.34. The summed E-state index contributed by atoms with van der Waals surface area (Å²) in [5, 5.41) is 7.67. The zero-order valence-electron chi connectivity index (χ0n) is 15.2. The van der Waals surface area contributed by atoms with E-state index in [9.17, 15) is 18.0 Å². The van der Waals surface area contributed by atoms with Gasteiger partial charge in [0.05, 0.1) is 28.4 Å². The van der Waals surface area contributed by atoms with Gasteiger partial charge in [-0.3, -0.25) is 4.79 Å². The molecule has 0 bridgehead atoms. The van der Waals surface area contributed by atoms with Gasteiger partial charge in [-0.25, -0.2) is 4.98 Å². The Bertz CT molecular complexity index is 1100. The van der Waals surface area contributed by atoms with Crippen molar-refractivity contribution in [1.82, 2.24) is 24.9 Å². The number of amides is 1. The van der Waals surface area contributed by atoms with E-state index in [1.165, 1.54) is 17.0 Å². The minimum Gasteiger partial charge on any atom is -0.332 e. The predicted molar refractivity (Wildman–Crippen MR) is 98.8 cm³/mol. The number of hydrogen-bond acceptors (Lipinski definition) is 4. The number of benzene rings is 1. The zero-order valence-corrected chi connectivity index (χ0v) is 16.0. The van der Waals surface area contributed by atoms with Crippen LogP contribution in [0, 0.1) is 6.92 Å². The molecule has 6 nitrogen and oxygen atoms in total. The summed E-state index contributed by atoms with van der Waals surface area (Å²) in [7, 11) is 0. The SMILES string of the molecule is Cc1cccc(-n2nnc3c2CCN(C(=O)c2cccc(C(F)(F)F)c2Cl)C3)n1. The van der Waals surface area contributed by atoms with Crippen molar-refractivity contribution >= 4 is 17.5 Å². The minimum absolute atomic E-state index is 0.132. The van der Waals surface area contributed by atoms with E-state index in [2.05, 4.69) is 15.3 Å². The van der Waals surface area contributed by atoms with Crippen LogP contribution in [0.2, 0.25) is 5.02 Å². The lowest BCUT2D eigenvalue weighted by Crippen LogP contribution is -2.36. The lowest BCUT2D eigenvalue weighted by molar-refractivity contribution is -0.137. The van der Waals surface area contributed by atoms with Gasteiger partial charge in [-0.2, -0.15) is 17.9 Å². The van der Waals surface area contributed by atoms with Crippen LogP contribution in [0.15, 0.2) is 36.4 Å². The molecule has 0 N–H and O–H groups in total. The molecule has 1 amide bonds. The molecule has 3 aromatic rings. The minimum atomic E-state index is -4.63. The van der Waals surface area contributed by atoms with Crippen molar-refractivity contribution in [2.24, 2.45) is 0 Å². The molecule has 0 saturated heterocycles. The van der Waals surface area contributed by atoms with Gasteiger partial charge >= 0.3 is 6.18 Å². The Kier molecular flexibility index (Phi) is 4.77. The number of hydrogen-bond donors (Lipinski definition) is 0. The lowest BCUT2D eigenvalue weighted by atomic mass is 10.1. The number of nitrogens with zero attached hydrogens (tertiary/aromatic N) is 5. The first-order valence-electron chi connectivity index (χ1n) is 8.78. The summed E-state index contributed by atoms with van der Waals surface area (Å²) in [6.07, 6.45) is -4.19. The Hall–Kier alpha value is -2.94. The van der Waals surface area contributed by atoms with Crippen LogP contribution < -0.4 is 0 Å². The van der Waals surface area contributed by atoms with E-state index < -0.39 is 22.7 Å². The number of aromatic nitrogens is 4. The van der Waals surface area contributed by atoms with Gasteiger partial charge in [0, 0.05) is 18.7 Å².